The van der Waals surface area contributed by atoms with E-state index in [2.05, 4.69) is 20.4 Å². The molecule has 1 rings (SSSR count). The SMILES string of the molecule is CN=C(NCCCCC(=O)OC)NCc1cccc(Cl)c1.I. The lowest BCUT2D eigenvalue weighted by Gasteiger charge is -2.12. The Bertz CT molecular complexity index is 484. The minimum absolute atomic E-state index is 0. The molecule has 0 aromatic heterocycles. The van der Waals surface area contributed by atoms with E-state index >= 15 is 0 Å². The van der Waals surface area contributed by atoms with E-state index in [4.69, 9.17) is 11.6 Å². The maximum absolute atomic E-state index is 11.0. The Hall–Kier alpha value is -1.02. The van der Waals surface area contributed by atoms with Crippen LogP contribution < -0.4 is 10.6 Å². The average Bonchev–Trinajstić information content (AvgIpc) is 2.49. The third kappa shape index (κ3) is 9.09. The van der Waals surface area contributed by atoms with E-state index in [-0.39, 0.29) is 29.9 Å². The molecule has 2 N–H and O–H groups in total. The first-order chi connectivity index (χ1) is 10.2. The largest absolute Gasteiger partial charge is 0.469 e. The van der Waals surface area contributed by atoms with Gasteiger partial charge >= 0.3 is 5.97 Å². The van der Waals surface area contributed by atoms with E-state index in [9.17, 15) is 4.79 Å². The first-order valence-electron chi connectivity index (χ1n) is 6.91. The third-order valence-electron chi connectivity index (χ3n) is 2.90. The van der Waals surface area contributed by atoms with Gasteiger partial charge in [-0.15, -0.1) is 24.0 Å². The van der Waals surface area contributed by atoms with Gasteiger partial charge in [0.15, 0.2) is 5.96 Å². The molecule has 124 valence electrons. The summed E-state index contributed by atoms with van der Waals surface area (Å²) in [6, 6.07) is 7.68. The van der Waals surface area contributed by atoms with Crippen LogP contribution in [0.25, 0.3) is 0 Å². The number of hydrogen-bond donors (Lipinski definition) is 2. The van der Waals surface area contributed by atoms with Crippen molar-refractivity contribution in [1.82, 2.24) is 10.6 Å². The van der Waals surface area contributed by atoms with E-state index in [1.807, 2.05) is 24.3 Å². The molecule has 0 amide bonds. The lowest BCUT2D eigenvalue weighted by molar-refractivity contribution is -0.140. The summed E-state index contributed by atoms with van der Waals surface area (Å²) < 4.78 is 4.59. The fourth-order valence-corrected chi connectivity index (χ4v) is 1.97. The molecule has 0 aliphatic carbocycles. The number of halogens is 2. The molecule has 0 spiro atoms. The van der Waals surface area contributed by atoms with Gasteiger partial charge in [-0.3, -0.25) is 9.79 Å². The second kappa shape index (κ2) is 12.5. The van der Waals surface area contributed by atoms with Crippen molar-refractivity contribution in [3.63, 3.8) is 0 Å². The van der Waals surface area contributed by atoms with Crippen molar-refractivity contribution in [2.24, 2.45) is 4.99 Å². The molecular formula is C15H23ClIN3O2. The first kappa shape index (κ1) is 21.0. The van der Waals surface area contributed by atoms with Crippen LogP contribution in [0.4, 0.5) is 0 Å². The van der Waals surface area contributed by atoms with Gasteiger partial charge in [0.2, 0.25) is 0 Å². The topological polar surface area (TPSA) is 62.7 Å². The molecule has 1 aromatic carbocycles. The summed E-state index contributed by atoms with van der Waals surface area (Å²) >= 11 is 5.94. The van der Waals surface area contributed by atoms with Crippen LogP contribution in [0.5, 0.6) is 0 Å². The van der Waals surface area contributed by atoms with Crippen LogP contribution >= 0.6 is 35.6 Å². The highest BCUT2D eigenvalue weighted by atomic mass is 127. The van der Waals surface area contributed by atoms with Crippen LogP contribution in [-0.2, 0) is 16.1 Å². The summed E-state index contributed by atoms with van der Waals surface area (Å²) in [4.78, 5) is 15.1. The minimum atomic E-state index is -0.168. The van der Waals surface area contributed by atoms with Crippen LogP contribution in [0.15, 0.2) is 29.3 Å². The Morgan fingerprint density at radius 1 is 1.32 bits per heavy atom. The highest BCUT2D eigenvalue weighted by Crippen LogP contribution is 2.10. The Balaban J connectivity index is 0.00000441. The molecule has 0 aliphatic rings. The third-order valence-corrected chi connectivity index (χ3v) is 3.14. The second-order valence-electron chi connectivity index (χ2n) is 4.52. The normalized spacial score (nSPS) is 10.6. The Labute approximate surface area is 153 Å². The number of benzene rings is 1. The van der Waals surface area contributed by atoms with Gasteiger partial charge in [0.1, 0.15) is 0 Å². The predicted molar refractivity (Wildman–Crippen MR) is 101 cm³/mol. The summed E-state index contributed by atoms with van der Waals surface area (Å²) in [5.41, 5.74) is 1.09. The fraction of sp³-hybridized carbons (Fsp3) is 0.467. The number of hydrogen-bond acceptors (Lipinski definition) is 3. The molecule has 0 unspecified atom stereocenters. The molecule has 22 heavy (non-hydrogen) atoms. The zero-order chi connectivity index (χ0) is 15.5. The number of rotatable bonds is 7. The molecule has 7 heteroatoms. The Kier molecular flexibility index (Phi) is 11.9. The van der Waals surface area contributed by atoms with E-state index in [1.54, 1.807) is 7.05 Å². The number of carbonyl (C=O) groups is 1. The molecule has 0 bridgehead atoms. The first-order valence-corrected chi connectivity index (χ1v) is 7.29. The second-order valence-corrected chi connectivity index (χ2v) is 4.95. The molecule has 0 aliphatic heterocycles. The minimum Gasteiger partial charge on any atom is -0.469 e. The number of esters is 1. The van der Waals surface area contributed by atoms with Crippen molar-refractivity contribution >= 4 is 47.5 Å². The highest BCUT2D eigenvalue weighted by Gasteiger charge is 2.01. The van der Waals surface area contributed by atoms with E-state index < -0.39 is 0 Å². The molecule has 5 nitrogen and oxygen atoms in total. The molecule has 0 atom stereocenters. The zero-order valence-corrected chi connectivity index (χ0v) is 16.0. The number of carbonyl (C=O) groups excluding carboxylic acids is 1. The molecule has 0 radical (unpaired) electrons. The van der Waals surface area contributed by atoms with Crippen molar-refractivity contribution in [3.05, 3.63) is 34.9 Å². The van der Waals surface area contributed by atoms with Crippen LogP contribution in [0, 0.1) is 0 Å². The van der Waals surface area contributed by atoms with Gasteiger partial charge in [0, 0.05) is 31.6 Å². The fourth-order valence-electron chi connectivity index (χ4n) is 1.76. The van der Waals surface area contributed by atoms with Crippen molar-refractivity contribution in [2.75, 3.05) is 20.7 Å². The van der Waals surface area contributed by atoms with Crippen molar-refractivity contribution in [3.8, 4) is 0 Å². The molecule has 0 saturated carbocycles. The van der Waals surface area contributed by atoms with Crippen molar-refractivity contribution in [2.45, 2.75) is 25.8 Å². The Morgan fingerprint density at radius 3 is 2.73 bits per heavy atom. The van der Waals surface area contributed by atoms with Gasteiger partial charge in [0.25, 0.3) is 0 Å². The summed E-state index contributed by atoms with van der Waals surface area (Å²) in [5.74, 6) is 0.562. The van der Waals surface area contributed by atoms with Gasteiger partial charge in [-0.25, -0.2) is 0 Å². The molecule has 1 aromatic rings. The van der Waals surface area contributed by atoms with Gasteiger partial charge in [-0.2, -0.15) is 0 Å². The monoisotopic (exact) mass is 439 g/mol. The molecular weight excluding hydrogens is 417 g/mol. The van der Waals surface area contributed by atoms with Crippen LogP contribution in [-0.4, -0.2) is 32.6 Å². The van der Waals surface area contributed by atoms with Crippen LogP contribution in [0.1, 0.15) is 24.8 Å². The number of aliphatic imine (C=N–C) groups is 1. The van der Waals surface area contributed by atoms with Crippen molar-refractivity contribution in [1.29, 1.82) is 0 Å². The number of unbranched alkanes of at least 4 members (excludes halogenated alkanes) is 1. The van der Waals surface area contributed by atoms with Gasteiger partial charge in [0.05, 0.1) is 7.11 Å². The highest BCUT2D eigenvalue weighted by molar-refractivity contribution is 14.0. The van der Waals surface area contributed by atoms with E-state index in [1.165, 1.54) is 7.11 Å². The van der Waals surface area contributed by atoms with Crippen LogP contribution in [0.2, 0.25) is 5.02 Å². The number of nitrogens with one attached hydrogen (secondary N) is 2. The van der Waals surface area contributed by atoms with E-state index in [0.29, 0.717) is 13.0 Å². The van der Waals surface area contributed by atoms with Gasteiger partial charge in [-0.1, -0.05) is 23.7 Å². The number of nitrogens with zero attached hydrogens (tertiary/aromatic N) is 1. The lowest BCUT2D eigenvalue weighted by Crippen LogP contribution is -2.37. The molecule has 0 fully saturated rings. The summed E-state index contributed by atoms with van der Waals surface area (Å²) in [5, 5.41) is 7.13. The molecule has 0 saturated heterocycles. The smallest absolute Gasteiger partial charge is 0.305 e. The summed E-state index contributed by atoms with van der Waals surface area (Å²) in [6.07, 6.45) is 2.13. The quantitative estimate of drug-likeness (QED) is 0.225. The van der Waals surface area contributed by atoms with Gasteiger partial charge < -0.3 is 15.4 Å². The van der Waals surface area contributed by atoms with Crippen molar-refractivity contribution < 1.29 is 9.53 Å². The zero-order valence-electron chi connectivity index (χ0n) is 12.9. The van der Waals surface area contributed by atoms with Gasteiger partial charge in [-0.05, 0) is 30.5 Å². The number of guanidine groups is 1. The standard InChI is InChI=1S/C15H22ClN3O2.HI/c1-17-15(18-9-4-3-8-14(20)21-2)19-11-12-6-5-7-13(16)10-12;/h5-7,10H,3-4,8-9,11H2,1-2H3,(H2,17,18,19);1H. The number of ether oxygens (including phenoxy) is 1. The van der Waals surface area contributed by atoms with Crippen LogP contribution in [0.3, 0.4) is 0 Å². The van der Waals surface area contributed by atoms with E-state index in [0.717, 1.165) is 35.9 Å². The summed E-state index contributed by atoms with van der Waals surface area (Å²) in [7, 11) is 3.13. The average molecular weight is 440 g/mol. The maximum atomic E-state index is 11.0. The number of methoxy groups -OCH3 is 1. The Morgan fingerprint density at radius 2 is 2.09 bits per heavy atom. The lowest BCUT2D eigenvalue weighted by atomic mass is 10.2. The summed E-state index contributed by atoms with van der Waals surface area (Å²) in [6.45, 7) is 1.41. The predicted octanol–water partition coefficient (Wildman–Crippen LogP) is 2.97. The molecule has 0 heterocycles. The maximum Gasteiger partial charge on any atom is 0.305 e.